The van der Waals surface area contributed by atoms with Gasteiger partial charge in [0.05, 0.1) is 0 Å². The highest BCUT2D eigenvalue weighted by molar-refractivity contribution is 5.85. The van der Waals surface area contributed by atoms with Crippen LogP contribution in [0.3, 0.4) is 0 Å². The van der Waals surface area contributed by atoms with Crippen molar-refractivity contribution in [1.82, 2.24) is 10.2 Å². The average molecular weight is 280 g/mol. The van der Waals surface area contributed by atoms with Crippen molar-refractivity contribution in [2.24, 2.45) is 11.8 Å². The third kappa shape index (κ3) is 2.09. The molecule has 2 fully saturated rings. The fourth-order valence-corrected chi connectivity index (χ4v) is 4.41. The summed E-state index contributed by atoms with van der Waals surface area (Å²) >= 11 is 0. The highest BCUT2D eigenvalue weighted by Gasteiger charge is 2.49. The van der Waals surface area contributed by atoms with Gasteiger partial charge in [-0.3, -0.25) is 4.90 Å². The number of rotatable bonds is 2. The van der Waals surface area contributed by atoms with Crippen LogP contribution in [0.15, 0.2) is 42.5 Å². The van der Waals surface area contributed by atoms with Gasteiger partial charge in [0.15, 0.2) is 0 Å². The Bertz CT molecular complexity index is 656. The Morgan fingerprint density at radius 2 is 1.90 bits per heavy atom. The molecule has 1 N–H and O–H groups in total. The molecule has 2 aromatic rings. The van der Waals surface area contributed by atoms with Gasteiger partial charge in [-0.15, -0.1) is 0 Å². The standard InChI is InChI=1S/C19H24N2/c1-19(2)18-11-20-10-16(18)13-21(19)12-15-8-5-7-14-6-3-4-9-17(14)15/h3-9,16,18,20H,10-13H2,1-2H3. The van der Waals surface area contributed by atoms with E-state index in [1.807, 2.05) is 0 Å². The van der Waals surface area contributed by atoms with Crippen molar-refractivity contribution in [3.63, 3.8) is 0 Å². The van der Waals surface area contributed by atoms with E-state index in [4.69, 9.17) is 0 Å². The molecule has 4 rings (SSSR count). The van der Waals surface area contributed by atoms with Crippen LogP contribution in [0.2, 0.25) is 0 Å². The van der Waals surface area contributed by atoms with E-state index in [9.17, 15) is 0 Å². The number of fused-ring (bicyclic) bond motifs is 2. The summed E-state index contributed by atoms with van der Waals surface area (Å²) in [6.07, 6.45) is 0. The quantitative estimate of drug-likeness (QED) is 0.908. The summed E-state index contributed by atoms with van der Waals surface area (Å²) in [6.45, 7) is 9.53. The minimum absolute atomic E-state index is 0.297. The Morgan fingerprint density at radius 3 is 2.76 bits per heavy atom. The molecule has 0 radical (unpaired) electrons. The second kappa shape index (κ2) is 4.82. The number of nitrogens with zero attached hydrogens (tertiary/aromatic N) is 1. The molecule has 2 aromatic carbocycles. The van der Waals surface area contributed by atoms with E-state index in [1.54, 1.807) is 0 Å². The molecule has 0 aromatic heterocycles. The zero-order valence-electron chi connectivity index (χ0n) is 13.0. The summed E-state index contributed by atoms with van der Waals surface area (Å²) < 4.78 is 0. The molecule has 2 heterocycles. The first-order valence-corrected chi connectivity index (χ1v) is 8.08. The molecule has 0 amide bonds. The van der Waals surface area contributed by atoms with E-state index in [0.717, 1.165) is 18.4 Å². The van der Waals surface area contributed by atoms with Crippen LogP contribution in [0.1, 0.15) is 19.4 Å². The Balaban J connectivity index is 1.66. The number of hydrogen-bond acceptors (Lipinski definition) is 2. The minimum atomic E-state index is 0.297. The van der Waals surface area contributed by atoms with Crippen molar-refractivity contribution in [3.05, 3.63) is 48.0 Å². The first-order chi connectivity index (χ1) is 10.2. The van der Waals surface area contributed by atoms with Gasteiger partial charge >= 0.3 is 0 Å². The molecule has 21 heavy (non-hydrogen) atoms. The van der Waals surface area contributed by atoms with Crippen molar-refractivity contribution < 1.29 is 0 Å². The monoisotopic (exact) mass is 280 g/mol. The second-order valence-electron chi connectivity index (χ2n) is 7.20. The number of likely N-dealkylation sites (tertiary alicyclic amines) is 1. The lowest BCUT2D eigenvalue weighted by atomic mass is 9.84. The van der Waals surface area contributed by atoms with Crippen LogP contribution in [0.5, 0.6) is 0 Å². The van der Waals surface area contributed by atoms with Crippen LogP contribution in [0.25, 0.3) is 10.8 Å². The summed E-state index contributed by atoms with van der Waals surface area (Å²) in [6, 6.07) is 15.5. The van der Waals surface area contributed by atoms with E-state index in [2.05, 4.69) is 66.5 Å². The third-order valence-corrected chi connectivity index (χ3v) is 5.76. The molecule has 2 heteroatoms. The zero-order valence-corrected chi connectivity index (χ0v) is 13.0. The van der Waals surface area contributed by atoms with E-state index in [1.165, 1.54) is 36.0 Å². The van der Waals surface area contributed by atoms with Crippen molar-refractivity contribution in [3.8, 4) is 0 Å². The molecule has 2 nitrogen and oxygen atoms in total. The summed E-state index contributed by atoms with van der Waals surface area (Å²) in [4.78, 5) is 2.70. The highest BCUT2D eigenvalue weighted by Crippen LogP contribution is 2.41. The third-order valence-electron chi connectivity index (χ3n) is 5.76. The largest absolute Gasteiger partial charge is 0.316 e. The fraction of sp³-hybridized carbons (Fsp3) is 0.474. The lowest BCUT2D eigenvalue weighted by Crippen LogP contribution is -2.43. The predicted octanol–water partition coefficient (Wildman–Crippen LogP) is 3.27. The van der Waals surface area contributed by atoms with Crippen molar-refractivity contribution in [2.45, 2.75) is 25.9 Å². The van der Waals surface area contributed by atoms with Crippen molar-refractivity contribution in [1.29, 1.82) is 0 Å². The van der Waals surface area contributed by atoms with Gasteiger partial charge in [0.1, 0.15) is 0 Å². The van der Waals surface area contributed by atoms with E-state index < -0.39 is 0 Å². The normalized spacial score (nSPS) is 28.1. The van der Waals surface area contributed by atoms with E-state index in [0.29, 0.717) is 5.54 Å². The first kappa shape index (κ1) is 13.3. The van der Waals surface area contributed by atoms with Crippen LogP contribution in [-0.4, -0.2) is 30.1 Å². The van der Waals surface area contributed by atoms with Crippen LogP contribution in [0.4, 0.5) is 0 Å². The Labute approximate surface area is 127 Å². The van der Waals surface area contributed by atoms with Gasteiger partial charge in [-0.05, 0) is 48.6 Å². The van der Waals surface area contributed by atoms with Gasteiger partial charge < -0.3 is 5.32 Å². The molecule has 0 spiro atoms. The van der Waals surface area contributed by atoms with Gasteiger partial charge in [0.25, 0.3) is 0 Å². The van der Waals surface area contributed by atoms with Crippen molar-refractivity contribution >= 4 is 10.8 Å². The Morgan fingerprint density at radius 1 is 1.10 bits per heavy atom. The number of nitrogens with one attached hydrogen (secondary N) is 1. The zero-order chi connectivity index (χ0) is 14.4. The summed E-state index contributed by atoms with van der Waals surface area (Å²) in [5.41, 5.74) is 1.76. The molecule has 2 saturated heterocycles. The van der Waals surface area contributed by atoms with Crippen LogP contribution >= 0.6 is 0 Å². The second-order valence-corrected chi connectivity index (χ2v) is 7.20. The van der Waals surface area contributed by atoms with Crippen LogP contribution in [-0.2, 0) is 6.54 Å². The molecule has 110 valence electrons. The molecule has 2 aliphatic rings. The molecular weight excluding hydrogens is 256 g/mol. The molecule has 0 bridgehead atoms. The lowest BCUT2D eigenvalue weighted by Gasteiger charge is -2.36. The topological polar surface area (TPSA) is 15.3 Å². The van der Waals surface area contributed by atoms with Gasteiger partial charge in [0.2, 0.25) is 0 Å². The van der Waals surface area contributed by atoms with E-state index >= 15 is 0 Å². The molecular formula is C19H24N2. The lowest BCUT2D eigenvalue weighted by molar-refractivity contribution is 0.132. The van der Waals surface area contributed by atoms with Gasteiger partial charge in [0, 0.05) is 25.2 Å². The molecule has 2 unspecified atom stereocenters. The predicted molar refractivity (Wildman–Crippen MR) is 88.3 cm³/mol. The Kier molecular flexibility index (Phi) is 3.05. The number of hydrogen-bond donors (Lipinski definition) is 1. The Hall–Kier alpha value is -1.38. The van der Waals surface area contributed by atoms with Crippen molar-refractivity contribution in [2.75, 3.05) is 19.6 Å². The molecule has 0 saturated carbocycles. The molecule has 0 aliphatic carbocycles. The summed E-state index contributed by atoms with van der Waals surface area (Å²) in [5.74, 6) is 1.63. The summed E-state index contributed by atoms with van der Waals surface area (Å²) in [5, 5.41) is 6.33. The minimum Gasteiger partial charge on any atom is -0.316 e. The SMILES string of the molecule is CC1(C)C2CNCC2CN1Cc1cccc2ccccc12. The first-order valence-electron chi connectivity index (χ1n) is 8.08. The number of benzene rings is 2. The van der Waals surface area contributed by atoms with Crippen LogP contribution < -0.4 is 5.32 Å². The average Bonchev–Trinajstić information content (AvgIpc) is 3.03. The van der Waals surface area contributed by atoms with Gasteiger partial charge in [-0.1, -0.05) is 42.5 Å². The highest BCUT2D eigenvalue weighted by atomic mass is 15.2. The molecule has 2 aliphatic heterocycles. The van der Waals surface area contributed by atoms with E-state index in [-0.39, 0.29) is 0 Å². The fourth-order valence-electron chi connectivity index (χ4n) is 4.41. The summed E-state index contributed by atoms with van der Waals surface area (Å²) in [7, 11) is 0. The smallest absolute Gasteiger partial charge is 0.0245 e. The van der Waals surface area contributed by atoms with Crippen LogP contribution in [0, 0.1) is 11.8 Å². The molecule has 2 atom stereocenters. The maximum Gasteiger partial charge on any atom is 0.0245 e. The van der Waals surface area contributed by atoms with Gasteiger partial charge in [-0.2, -0.15) is 0 Å². The maximum absolute atomic E-state index is 3.57. The maximum atomic E-state index is 3.57. The van der Waals surface area contributed by atoms with Gasteiger partial charge in [-0.25, -0.2) is 0 Å².